The van der Waals surface area contributed by atoms with E-state index in [4.69, 9.17) is 21.1 Å². The van der Waals surface area contributed by atoms with Gasteiger partial charge >= 0.3 is 5.97 Å². The Morgan fingerprint density at radius 1 is 1.26 bits per heavy atom. The Morgan fingerprint density at radius 3 is 2.67 bits per heavy atom. The van der Waals surface area contributed by atoms with Crippen LogP contribution in [0.2, 0.25) is 5.02 Å². The van der Waals surface area contributed by atoms with Crippen molar-refractivity contribution in [2.75, 3.05) is 6.61 Å². The van der Waals surface area contributed by atoms with E-state index in [-0.39, 0.29) is 27.9 Å². The highest BCUT2D eigenvalue weighted by atomic mass is 35.5. The zero-order valence-electron chi connectivity index (χ0n) is 14.3. The van der Waals surface area contributed by atoms with Crippen molar-refractivity contribution in [1.82, 2.24) is 0 Å². The molecule has 0 saturated carbocycles. The lowest BCUT2D eigenvalue weighted by atomic mass is 10.2. The van der Waals surface area contributed by atoms with Gasteiger partial charge < -0.3 is 9.47 Å². The van der Waals surface area contributed by atoms with Crippen molar-refractivity contribution in [3.05, 3.63) is 74.4 Å². The number of aliphatic imine (C=N–C) groups is 1. The van der Waals surface area contributed by atoms with Crippen LogP contribution >= 0.6 is 11.6 Å². The van der Waals surface area contributed by atoms with Crippen LogP contribution in [0.5, 0.6) is 5.75 Å². The molecule has 8 heteroatoms. The van der Waals surface area contributed by atoms with Crippen molar-refractivity contribution in [3.8, 4) is 5.75 Å². The molecule has 0 spiro atoms. The van der Waals surface area contributed by atoms with Gasteiger partial charge in [0.05, 0.1) is 22.1 Å². The first kappa shape index (κ1) is 18.6. The molecule has 2 aromatic rings. The topological polar surface area (TPSA) is 91.0 Å². The first-order valence-corrected chi connectivity index (χ1v) is 8.55. The standard InChI is InChI=1S/C19H15ClN2O5/c1-2-9-26-14-6-3-12(4-7-14)10-17-19(23)27-18(21-17)15-11-13(22(24)25)5-8-16(15)20/h3-8,10-11H,2,9H2,1H3. The van der Waals surface area contributed by atoms with Gasteiger partial charge in [0.25, 0.3) is 5.69 Å². The minimum absolute atomic E-state index is 0.0668. The Kier molecular flexibility index (Phi) is 5.52. The molecule has 2 aromatic carbocycles. The predicted octanol–water partition coefficient (Wildman–Crippen LogP) is 4.38. The second-order valence-corrected chi connectivity index (χ2v) is 6.08. The fourth-order valence-electron chi connectivity index (χ4n) is 2.35. The number of nitro benzene ring substituents is 1. The first-order chi connectivity index (χ1) is 13.0. The summed E-state index contributed by atoms with van der Waals surface area (Å²) in [5.41, 5.74) is 0.829. The number of carbonyl (C=O) groups excluding carboxylic acids is 1. The number of rotatable bonds is 6. The molecule has 0 saturated heterocycles. The van der Waals surface area contributed by atoms with E-state index in [9.17, 15) is 14.9 Å². The van der Waals surface area contributed by atoms with Crippen LogP contribution in [0.3, 0.4) is 0 Å². The summed E-state index contributed by atoms with van der Waals surface area (Å²) in [6, 6.07) is 11.0. The second-order valence-electron chi connectivity index (χ2n) is 5.67. The van der Waals surface area contributed by atoms with Gasteiger partial charge in [0.2, 0.25) is 5.90 Å². The molecule has 0 unspecified atom stereocenters. The van der Waals surface area contributed by atoms with Crippen LogP contribution in [0.25, 0.3) is 6.08 Å². The molecule has 0 atom stereocenters. The quantitative estimate of drug-likeness (QED) is 0.318. The molecular weight excluding hydrogens is 372 g/mol. The second kappa shape index (κ2) is 8.01. The van der Waals surface area contributed by atoms with Crippen LogP contribution in [-0.2, 0) is 9.53 Å². The number of esters is 1. The average Bonchev–Trinajstić information content (AvgIpc) is 3.01. The molecule has 7 nitrogen and oxygen atoms in total. The number of carbonyl (C=O) groups is 1. The third-order valence-electron chi connectivity index (χ3n) is 3.67. The van der Waals surface area contributed by atoms with Crippen molar-refractivity contribution >= 4 is 35.2 Å². The molecule has 0 amide bonds. The van der Waals surface area contributed by atoms with Crippen molar-refractivity contribution in [1.29, 1.82) is 0 Å². The lowest BCUT2D eigenvalue weighted by molar-refractivity contribution is -0.384. The van der Waals surface area contributed by atoms with E-state index >= 15 is 0 Å². The Balaban J connectivity index is 1.87. The SMILES string of the molecule is CCCOc1ccc(C=C2N=C(c3cc([N+](=O)[O-])ccc3Cl)OC2=O)cc1. The third kappa shape index (κ3) is 4.32. The van der Waals surface area contributed by atoms with Crippen LogP contribution in [-0.4, -0.2) is 23.4 Å². The average molecular weight is 387 g/mol. The molecule has 0 bridgehead atoms. The Labute approximate surface area is 160 Å². The van der Waals surface area contributed by atoms with Gasteiger partial charge in [-0.2, -0.15) is 0 Å². The molecule has 1 aliphatic rings. The molecule has 1 aliphatic heterocycles. The summed E-state index contributed by atoms with van der Waals surface area (Å²) in [6.07, 6.45) is 2.47. The summed E-state index contributed by atoms with van der Waals surface area (Å²) in [6.45, 7) is 2.65. The highest BCUT2D eigenvalue weighted by molar-refractivity contribution is 6.34. The summed E-state index contributed by atoms with van der Waals surface area (Å²) in [4.78, 5) is 26.6. The van der Waals surface area contributed by atoms with Crippen LogP contribution in [0.1, 0.15) is 24.5 Å². The number of benzene rings is 2. The van der Waals surface area contributed by atoms with Crippen molar-refractivity contribution < 1.29 is 19.2 Å². The van der Waals surface area contributed by atoms with Gasteiger partial charge in [0, 0.05) is 12.1 Å². The molecular formula is C19H15ClN2O5. The maximum atomic E-state index is 12.1. The van der Waals surface area contributed by atoms with E-state index in [1.807, 2.05) is 6.92 Å². The molecule has 27 heavy (non-hydrogen) atoms. The van der Waals surface area contributed by atoms with Gasteiger partial charge in [-0.15, -0.1) is 0 Å². The highest BCUT2D eigenvalue weighted by Gasteiger charge is 2.27. The molecule has 0 radical (unpaired) electrons. The molecule has 3 rings (SSSR count). The Bertz CT molecular complexity index is 951. The molecule has 138 valence electrons. The molecule has 0 N–H and O–H groups in total. The minimum Gasteiger partial charge on any atom is -0.494 e. The number of ether oxygens (including phenoxy) is 2. The number of cyclic esters (lactones) is 1. The lowest BCUT2D eigenvalue weighted by Gasteiger charge is -2.04. The number of nitrogens with zero attached hydrogens (tertiary/aromatic N) is 2. The smallest absolute Gasteiger partial charge is 0.363 e. The Hall–Kier alpha value is -3.19. The van der Waals surface area contributed by atoms with Crippen LogP contribution in [0, 0.1) is 10.1 Å². The van der Waals surface area contributed by atoms with Gasteiger partial charge in [0.15, 0.2) is 5.70 Å². The van der Waals surface area contributed by atoms with Gasteiger partial charge in [-0.1, -0.05) is 30.7 Å². The molecule has 0 aromatic heterocycles. The first-order valence-electron chi connectivity index (χ1n) is 8.17. The van der Waals surface area contributed by atoms with Crippen LogP contribution < -0.4 is 4.74 Å². The summed E-state index contributed by atoms with van der Waals surface area (Å²) < 4.78 is 10.6. The zero-order valence-corrected chi connectivity index (χ0v) is 15.1. The zero-order chi connectivity index (χ0) is 19.4. The van der Waals surface area contributed by atoms with Crippen LogP contribution in [0.4, 0.5) is 5.69 Å². The van der Waals surface area contributed by atoms with Gasteiger partial charge in [0.1, 0.15) is 5.75 Å². The minimum atomic E-state index is -0.654. The van der Waals surface area contributed by atoms with Crippen molar-refractivity contribution in [2.45, 2.75) is 13.3 Å². The molecule has 0 fully saturated rings. The van der Waals surface area contributed by atoms with Crippen molar-refractivity contribution in [3.63, 3.8) is 0 Å². The largest absolute Gasteiger partial charge is 0.494 e. The summed E-state index contributed by atoms with van der Waals surface area (Å²) >= 11 is 6.07. The van der Waals surface area contributed by atoms with Crippen LogP contribution in [0.15, 0.2) is 53.2 Å². The highest BCUT2D eigenvalue weighted by Crippen LogP contribution is 2.27. The van der Waals surface area contributed by atoms with E-state index < -0.39 is 10.9 Å². The van der Waals surface area contributed by atoms with Gasteiger partial charge in [-0.25, -0.2) is 9.79 Å². The molecule has 1 heterocycles. The predicted molar refractivity (Wildman–Crippen MR) is 101 cm³/mol. The fraction of sp³-hybridized carbons (Fsp3) is 0.158. The van der Waals surface area contributed by atoms with Gasteiger partial charge in [-0.3, -0.25) is 10.1 Å². The van der Waals surface area contributed by atoms with E-state index in [1.54, 1.807) is 30.3 Å². The van der Waals surface area contributed by atoms with E-state index in [1.165, 1.54) is 18.2 Å². The number of nitro groups is 1. The van der Waals surface area contributed by atoms with Gasteiger partial charge in [-0.05, 0) is 36.3 Å². The summed E-state index contributed by atoms with van der Waals surface area (Å²) in [5.74, 6) is 0.0160. The maximum absolute atomic E-state index is 12.1. The number of non-ortho nitro benzene ring substituents is 1. The maximum Gasteiger partial charge on any atom is 0.363 e. The van der Waals surface area contributed by atoms with E-state index in [0.717, 1.165) is 17.7 Å². The number of hydrogen-bond acceptors (Lipinski definition) is 6. The number of hydrogen-bond donors (Lipinski definition) is 0. The van der Waals surface area contributed by atoms with E-state index in [0.29, 0.717) is 6.61 Å². The summed E-state index contributed by atoms with van der Waals surface area (Å²) in [5, 5.41) is 11.1. The number of halogens is 1. The molecule has 0 aliphatic carbocycles. The lowest BCUT2D eigenvalue weighted by Crippen LogP contribution is -2.06. The monoisotopic (exact) mass is 386 g/mol. The normalized spacial score (nSPS) is 14.8. The fourth-order valence-corrected chi connectivity index (χ4v) is 2.55. The Morgan fingerprint density at radius 2 is 2.00 bits per heavy atom. The third-order valence-corrected chi connectivity index (χ3v) is 4.00. The van der Waals surface area contributed by atoms with E-state index in [2.05, 4.69) is 4.99 Å². The summed E-state index contributed by atoms with van der Waals surface area (Å²) in [7, 11) is 0. The van der Waals surface area contributed by atoms with Crippen molar-refractivity contribution in [2.24, 2.45) is 4.99 Å².